The van der Waals surface area contributed by atoms with E-state index in [4.69, 9.17) is 5.73 Å². The number of nitrogens with zero attached hydrogens (tertiary/aromatic N) is 2. The van der Waals surface area contributed by atoms with Gasteiger partial charge in [0.1, 0.15) is 0 Å². The van der Waals surface area contributed by atoms with Gasteiger partial charge in [0.2, 0.25) is 5.95 Å². The van der Waals surface area contributed by atoms with Gasteiger partial charge in [0.25, 0.3) is 0 Å². The van der Waals surface area contributed by atoms with Crippen molar-refractivity contribution in [3.8, 4) is 0 Å². The van der Waals surface area contributed by atoms with E-state index < -0.39 is 0 Å². The first-order chi connectivity index (χ1) is 7.08. The third-order valence-electron chi connectivity index (χ3n) is 2.32. The third-order valence-corrected chi connectivity index (χ3v) is 2.32. The van der Waals surface area contributed by atoms with Gasteiger partial charge in [-0.25, -0.2) is 4.98 Å². The van der Waals surface area contributed by atoms with E-state index in [1.807, 2.05) is 29.8 Å². The molecule has 0 aliphatic heterocycles. The Balaban J connectivity index is 2.54. The summed E-state index contributed by atoms with van der Waals surface area (Å²) >= 11 is 0. The Kier molecular flexibility index (Phi) is 2.26. The van der Waals surface area contributed by atoms with Gasteiger partial charge in [-0.2, -0.15) is 0 Å². The summed E-state index contributed by atoms with van der Waals surface area (Å²) in [6.45, 7) is 4.18. The Morgan fingerprint density at radius 3 is 2.80 bits per heavy atom. The van der Waals surface area contributed by atoms with Crippen LogP contribution in [0.3, 0.4) is 0 Å². The molecule has 0 saturated heterocycles. The zero-order valence-electron chi connectivity index (χ0n) is 9.28. The van der Waals surface area contributed by atoms with Gasteiger partial charge in [-0.3, -0.25) is 0 Å². The van der Waals surface area contributed by atoms with Crippen LogP contribution in [-0.2, 0) is 7.05 Å². The second-order valence-electron chi connectivity index (χ2n) is 4.04. The normalized spacial score (nSPS) is 11.2. The highest BCUT2D eigenvalue weighted by Crippen LogP contribution is 2.20. The van der Waals surface area contributed by atoms with Gasteiger partial charge in [0, 0.05) is 18.8 Å². The largest absolute Gasteiger partial charge is 0.399 e. The fourth-order valence-electron chi connectivity index (χ4n) is 1.60. The number of fused-ring (bicyclic) bond motifs is 1. The topological polar surface area (TPSA) is 55.9 Å². The first-order valence-electron chi connectivity index (χ1n) is 5.06. The van der Waals surface area contributed by atoms with Gasteiger partial charge in [-0.15, -0.1) is 0 Å². The quantitative estimate of drug-likeness (QED) is 0.735. The number of aromatic nitrogens is 2. The maximum absolute atomic E-state index is 5.71. The molecule has 0 spiro atoms. The van der Waals surface area contributed by atoms with E-state index >= 15 is 0 Å². The van der Waals surface area contributed by atoms with Gasteiger partial charge in [-0.1, -0.05) is 0 Å². The number of anilines is 2. The Bertz CT molecular complexity index is 485. The first-order valence-corrected chi connectivity index (χ1v) is 5.06. The third kappa shape index (κ3) is 1.75. The number of rotatable bonds is 2. The summed E-state index contributed by atoms with van der Waals surface area (Å²) in [6.07, 6.45) is 0. The van der Waals surface area contributed by atoms with Crippen LogP contribution < -0.4 is 11.1 Å². The maximum atomic E-state index is 5.71. The second kappa shape index (κ2) is 3.46. The molecular weight excluding hydrogens is 188 g/mol. The minimum Gasteiger partial charge on any atom is -0.399 e. The number of nitrogen functional groups attached to an aromatic ring is 1. The molecule has 0 unspecified atom stereocenters. The summed E-state index contributed by atoms with van der Waals surface area (Å²) in [5, 5.41) is 3.29. The summed E-state index contributed by atoms with van der Waals surface area (Å²) in [4.78, 5) is 4.49. The van der Waals surface area contributed by atoms with Crippen molar-refractivity contribution in [3.63, 3.8) is 0 Å². The number of hydrogen-bond donors (Lipinski definition) is 2. The van der Waals surface area contributed by atoms with Gasteiger partial charge in [0.05, 0.1) is 11.0 Å². The van der Waals surface area contributed by atoms with Gasteiger partial charge >= 0.3 is 0 Å². The predicted octanol–water partition coefficient (Wildman–Crippen LogP) is 1.98. The summed E-state index contributed by atoms with van der Waals surface area (Å²) < 4.78 is 2.04. The van der Waals surface area contributed by atoms with E-state index in [0.29, 0.717) is 6.04 Å². The molecule has 0 aliphatic rings. The minimum atomic E-state index is 0.373. The van der Waals surface area contributed by atoms with Crippen LogP contribution in [-0.4, -0.2) is 15.6 Å². The number of benzene rings is 1. The fourth-order valence-corrected chi connectivity index (χ4v) is 1.60. The van der Waals surface area contributed by atoms with Crippen LogP contribution in [0, 0.1) is 0 Å². The van der Waals surface area contributed by atoms with Crippen molar-refractivity contribution in [2.75, 3.05) is 11.1 Å². The fraction of sp³-hybridized carbons (Fsp3) is 0.364. The minimum absolute atomic E-state index is 0.373. The Hall–Kier alpha value is -1.71. The highest BCUT2D eigenvalue weighted by molar-refractivity contribution is 5.81. The average molecular weight is 204 g/mol. The van der Waals surface area contributed by atoms with Crippen LogP contribution in [0.1, 0.15) is 13.8 Å². The van der Waals surface area contributed by atoms with Gasteiger partial charge < -0.3 is 15.6 Å². The molecule has 15 heavy (non-hydrogen) atoms. The van der Waals surface area contributed by atoms with Crippen molar-refractivity contribution in [2.24, 2.45) is 7.05 Å². The molecule has 0 fully saturated rings. The number of nitrogens with two attached hydrogens (primary N) is 1. The van der Waals surface area contributed by atoms with Crippen molar-refractivity contribution in [1.82, 2.24) is 9.55 Å². The van der Waals surface area contributed by atoms with E-state index in [0.717, 1.165) is 22.7 Å². The SMILES string of the molecule is CC(C)Nc1nc2cc(N)ccc2n1C. The molecule has 0 atom stereocenters. The van der Waals surface area contributed by atoms with Crippen LogP contribution in [0.5, 0.6) is 0 Å². The molecule has 4 heteroatoms. The highest BCUT2D eigenvalue weighted by atomic mass is 15.2. The maximum Gasteiger partial charge on any atom is 0.203 e. The van der Waals surface area contributed by atoms with Crippen molar-refractivity contribution < 1.29 is 0 Å². The molecule has 0 bridgehead atoms. The van der Waals surface area contributed by atoms with E-state index in [-0.39, 0.29) is 0 Å². The van der Waals surface area contributed by atoms with Crippen molar-refractivity contribution in [2.45, 2.75) is 19.9 Å². The molecule has 0 aliphatic carbocycles. The zero-order valence-corrected chi connectivity index (χ0v) is 9.28. The Morgan fingerprint density at radius 1 is 1.40 bits per heavy atom. The lowest BCUT2D eigenvalue weighted by molar-refractivity contribution is 0.843. The molecule has 4 nitrogen and oxygen atoms in total. The summed E-state index contributed by atoms with van der Waals surface area (Å²) in [5.74, 6) is 0.880. The smallest absolute Gasteiger partial charge is 0.203 e. The molecule has 2 rings (SSSR count). The molecule has 1 aromatic carbocycles. The second-order valence-corrected chi connectivity index (χ2v) is 4.04. The van der Waals surface area contributed by atoms with E-state index in [2.05, 4.69) is 24.1 Å². The average Bonchev–Trinajstić information content (AvgIpc) is 2.42. The highest BCUT2D eigenvalue weighted by Gasteiger charge is 2.07. The van der Waals surface area contributed by atoms with E-state index in [1.54, 1.807) is 0 Å². The molecule has 1 aromatic heterocycles. The lowest BCUT2D eigenvalue weighted by Gasteiger charge is -2.08. The van der Waals surface area contributed by atoms with E-state index in [1.165, 1.54) is 0 Å². The van der Waals surface area contributed by atoms with Crippen LogP contribution in [0.4, 0.5) is 11.6 Å². The molecule has 80 valence electrons. The Labute approximate surface area is 89.1 Å². The molecule has 3 N–H and O–H groups in total. The molecule has 2 aromatic rings. The summed E-state index contributed by atoms with van der Waals surface area (Å²) in [7, 11) is 2.00. The number of nitrogens with one attached hydrogen (secondary N) is 1. The van der Waals surface area contributed by atoms with E-state index in [9.17, 15) is 0 Å². The Morgan fingerprint density at radius 2 is 2.13 bits per heavy atom. The zero-order chi connectivity index (χ0) is 11.0. The standard InChI is InChI=1S/C11H16N4/c1-7(2)13-11-14-9-6-8(12)4-5-10(9)15(11)3/h4-7H,12H2,1-3H3,(H,13,14). The molecule has 1 heterocycles. The van der Waals surface area contributed by atoms with Crippen molar-refractivity contribution in [1.29, 1.82) is 0 Å². The van der Waals surface area contributed by atoms with Gasteiger partial charge in [-0.05, 0) is 32.0 Å². The van der Waals surface area contributed by atoms with Crippen LogP contribution >= 0.6 is 0 Å². The number of imidazole rings is 1. The molecule has 0 amide bonds. The molecule has 0 radical (unpaired) electrons. The first kappa shape index (κ1) is 9.83. The van der Waals surface area contributed by atoms with Gasteiger partial charge in [0.15, 0.2) is 0 Å². The lowest BCUT2D eigenvalue weighted by atomic mass is 10.3. The molecular formula is C11H16N4. The summed E-state index contributed by atoms with van der Waals surface area (Å²) in [5.41, 5.74) is 8.48. The lowest BCUT2D eigenvalue weighted by Crippen LogP contribution is -2.13. The van der Waals surface area contributed by atoms with Crippen molar-refractivity contribution in [3.05, 3.63) is 18.2 Å². The van der Waals surface area contributed by atoms with Crippen LogP contribution in [0.2, 0.25) is 0 Å². The van der Waals surface area contributed by atoms with Crippen LogP contribution in [0.15, 0.2) is 18.2 Å². The number of aryl methyl sites for hydroxylation is 1. The monoisotopic (exact) mass is 204 g/mol. The number of hydrogen-bond acceptors (Lipinski definition) is 3. The summed E-state index contributed by atoms with van der Waals surface area (Å²) in [6, 6.07) is 6.14. The predicted molar refractivity (Wildman–Crippen MR) is 63.9 cm³/mol. The molecule has 0 saturated carbocycles. The van der Waals surface area contributed by atoms with Crippen LogP contribution in [0.25, 0.3) is 11.0 Å². The van der Waals surface area contributed by atoms with Crippen molar-refractivity contribution >= 4 is 22.7 Å².